The Bertz CT molecular complexity index is 369. The molecule has 0 saturated carbocycles. The lowest BCUT2D eigenvalue weighted by molar-refractivity contribution is -0.148. The van der Waals surface area contributed by atoms with Gasteiger partial charge in [0.25, 0.3) is 0 Å². The number of imidazole rings is 1. The Kier molecular flexibility index (Phi) is 2.96. The molecule has 0 aliphatic carbocycles. The lowest BCUT2D eigenvalue weighted by Gasteiger charge is -2.20. The van der Waals surface area contributed by atoms with Crippen LogP contribution in [0.25, 0.3) is 0 Å². The van der Waals surface area contributed by atoms with Gasteiger partial charge in [0.15, 0.2) is 6.29 Å². The molecule has 2 rings (SSSR count). The van der Waals surface area contributed by atoms with Gasteiger partial charge in [-0.05, 0) is 0 Å². The molecule has 0 aromatic carbocycles. The highest BCUT2D eigenvalue weighted by Gasteiger charge is 2.46. The molecule has 2 heterocycles. The molecular formula is C9H14N2O5. The Morgan fingerprint density at radius 3 is 2.50 bits per heavy atom. The van der Waals surface area contributed by atoms with E-state index in [1.165, 1.54) is 6.20 Å². The number of rotatable bonds is 2. The smallest absolute Gasteiger partial charge is 0.184 e. The molecule has 7 nitrogen and oxygen atoms in total. The minimum atomic E-state index is -1.49. The van der Waals surface area contributed by atoms with Gasteiger partial charge in [0.05, 0.1) is 0 Å². The van der Waals surface area contributed by atoms with Crippen molar-refractivity contribution in [1.82, 2.24) is 9.55 Å². The van der Waals surface area contributed by atoms with Crippen molar-refractivity contribution < 1.29 is 25.2 Å². The van der Waals surface area contributed by atoms with Crippen LogP contribution in [-0.4, -0.2) is 54.6 Å². The fraction of sp³-hybridized carbons (Fsp3) is 0.667. The van der Waals surface area contributed by atoms with Gasteiger partial charge in [0.2, 0.25) is 0 Å². The maximum absolute atomic E-state index is 9.91. The standard InChI is InChI=1S/C9H14N2O5/c1-11-3-2-10-8(11)6(14)7-4(12)5(13)9(15)16-7/h2-7,9,12-15H,1H3/t4-,5+,6?,7-,9?/m0/s1. The maximum atomic E-state index is 9.91. The molecule has 0 radical (unpaired) electrons. The van der Waals surface area contributed by atoms with Gasteiger partial charge in [-0.2, -0.15) is 0 Å². The third kappa shape index (κ3) is 1.72. The second kappa shape index (κ2) is 4.11. The monoisotopic (exact) mass is 230 g/mol. The van der Waals surface area contributed by atoms with Crippen molar-refractivity contribution in [3.63, 3.8) is 0 Å². The molecule has 1 aliphatic heterocycles. The van der Waals surface area contributed by atoms with E-state index in [-0.39, 0.29) is 0 Å². The molecule has 7 heteroatoms. The van der Waals surface area contributed by atoms with E-state index in [2.05, 4.69) is 4.98 Å². The van der Waals surface area contributed by atoms with E-state index in [0.717, 1.165) is 0 Å². The average molecular weight is 230 g/mol. The van der Waals surface area contributed by atoms with Gasteiger partial charge in [0, 0.05) is 19.4 Å². The molecule has 1 aromatic rings. The number of aliphatic hydroxyl groups excluding tert-OH is 4. The number of ether oxygens (including phenoxy) is 1. The number of hydrogen-bond donors (Lipinski definition) is 4. The van der Waals surface area contributed by atoms with E-state index in [0.29, 0.717) is 5.82 Å². The zero-order valence-electron chi connectivity index (χ0n) is 8.63. The van der Waals surface area contributed by atoms with Crippen molar-refractivity contribution in [2.75, 3.05) is 0 Å². The maximum Gasteiger partial charge on any atom is 0.184 e. The average Bonchev–Trinajstić information content (AvgIpc) is 2.77. The molecule has 1 saturated heterocycles. The van der Waals surface area contributed by atoms with Gasteiger partial charge in [-0.3, -0.25) is 0 Å². The molecule has 0 bridgehead atoms. The largest absolute Gasteiger partial charge is 0.387 e. The lowest BCUT2D eigenvalue weighted by Crippen LogP contribution is -2.35. The fourth-order valence-corrected chi connectivity index (χ4v) is 1.76. The summed E-state index contributed by atoms with van der Waals surface area (Å²) in [6.07, 6.45) is -3.43. The SMILES string of the molecule is Cn1ccnc1C(O)[C@H]1OC(O)[C@H](O)[C@@H]1O. The van der Waals surface area contributed by atoms with E-state index in [1.807, 2.05) is 0 Å². The first kappa shape index (κ1) is 11.5. The first-order valence-electron chi connectivity index (χ1n) is 4.87. The highest BCUT2D eigenvalue weighted by Crippen LogP contribution is 2.29. The molecule has 90 valence electrons. The summed E-state index contributed by atoms with van der Waals surface area (Å²) in [6, 6.07) is 0. The van der Waals surface area contributed by atoms with E-state index in [4.69, 9.17) is 4.74 Å². The number of aryl methyl sites for hydroxylation is 1. The van der Waals surface area contributed by atoms with Crippen molar-refractivity contribution in [3.05, 3.63) is 18.2 Å². The van der Waals surface area contributed by atoms with Crippen LogP contribution >= 0.6 is 0 Å². The number of aromatic nitrogens is 2. The van der Waals surface area contributed by atoms with Gasteiger partial charge in [-0.25, -0.2) is 4.98 Å². The van der Waals surface area contributed by atoms with Crippen molar-refractivity contribution >= 4 is 0 Å². The number of nitrogens with zero attached hydrogens (tertiary/aromatic N) is 2. The summed E-state index contributed by atoms with van der Waals surface area (Å²) in [5.41, 5.74) is 0. The molecule has 1 aliphatic rings. The Morgan fingerprint density at radius 1 is 1.38 bits per heavy atom. The quantitative estimate of drug-likeness (QED) is 0.463. The third-order valence-corrected chi connectivity index (χ3v) is 2.71. The number of aliphatic hydroxyl groups is 4. The first-order valence-corrected chi connectivity index (χ1v) is 4.87. The van der Waals surface area contributed by atoms with Gasteiger partial charge < -0.3 is 29.7 Å². The van der Waals surface area contributed by atoms with Crippen LogP contribution in [0.1, 0.15) is 11.9 Å². The van der Waals surface area contributed by atoms with Gasteiger partial charge in [0.1, 0.15) is 30.2 Å². The molecule has 16 heavy (non-hydrogen) atoms. The third-order valence-electron chi connectivity index (χ3n) is 2.71. The predicted octanol–water partition coefficient (Wildman–Crippen LogP) is -2.11. The summed E-state index contributed by atoms with van der Waals surface area (Å²) in [5, 5.41) is 37.9. The Labute approximate surface area is 91.5 Å². The molecule has 5 atom stereocenters. The summed E-state index contributed by atoms with van der Waals surface area (Å²) in [5.74, 6) is 0.297. The van der Waals surface area contributed by atoms with Crippen LogP contribution < -0.4 is 0 Å². The van der Waals surface area contributed by atoms with Crippen molar-refractivity contribution in [2.24, 2.45) is 7.05 Å². The van der Waals surface area contributed by atoms with E-state index < -0.39 is 30.7 Å². The first-order chi connectivity index (χ1) is 7.52. The lowest BCUT2D eigenvalue weighted by atomic mass is 10.1. The normalized spacial score (nSPS) is 36.6. The Morgan fingerprint density at radius 2 is 2.06 bits per heavy atom. The van der Waals surface area contributed by atoms with E-state index >= 15 is 0 Å². The summed E-state index contributed by atoms with van der Waals surface area (Å²) >= 11 is 0. The summed E-state index contributed by atoms with van der Waals surface area (Å²) in [4.78, 5) is 3.90. The zero-order valence-corrected chi connectivity index (χ0v) is 8.63. The molecule has 1 aromatic heterocycles. The van der Waals surface area contributed by atoms with Crippen molar-refractivity contribution in [2.45, 2.75) is 30.7 Å². The van der Waals surface area contributed by atoms with E-state index in [9.17, 15) is 20.4 Å². The van der Waals surface area contributed by atoms with Crippen LogP contribution in [-0.2, 0) is 11.8 Å². The fourth-order valence-electron chi connectivity index (χ4n) is 1.76. The minimum absolute atomic E-state index is 0.297. The van der Waals surface area contributed by atoms with Crippen LogP contribution in [0, 0.1) is 0 Å². The molecule has 0 spiro atoms. The Balaban J connectivity index is 2.17. The minimum Gasteiger partial charge on any atom is -0.387 e. The molecule has 2 unspecified atom stereocenters. The predicted molar refractivity (Wildman–Crippen MR) is 51.1 cm³/mol. The molecule has 4 N–H and O–H groups in total. The van der Waals surface area contributed by atoms with Crippen LogP contribution in [0.4, 0.5) is 0 Å². The summed E-state index contributed by atoms with van der Waals surface area (Å²) < 4.78 is 6.45. The summed E-state index contributed by atoms with van der Waals surface area (Å²) in [6.45, 7) is 0. The topological polar surface area (TPSA) is 108 Å². The van der Waals surface area contributed by atoms with Crippen LogP contribution in [0.5, 0.6) is 0 Å². The molecule has 0 amide bonds. The van der Waals surface area contributed by atoms with Gasteiger partial charge in [-0.1, -0.05) is 0 Å². The van der Waals surface area contributed by atoms with Crippen LogP contribution in [0.15, 0.2) is 12.4 Å². The van der Waals surface area contributed by atoms with Gasteiger partial charge in [-0.15, -0.1) is 0 Å². The second-order valence-corrected chi connectivity index (χ2v) is 3.81. The van der Waals surface area contributed by atoms with Crippen molar-refractivity contribution in [1.29, 1.82) is 0 Å². The van der Waals surface area contributed by atoms with E-state index in [1.54, 1.807) is 17.8 Å². The van der Waals surface area contributed by atoms with Crippen molar-refractivity contribution in [3.8, 4) is 0 Å². The van der Waals surface area contributed by atoms with Gasteiger partial charge >= 0.3 is 0 Å². The Hall–Kier alpha value is -0.990. The summed E-state index contributed by atoms with van der Waals surface area (Å²) in [7, 11) is 1.68. The highest BCUT2D eigenvalue weighted by molar-refractivity contribution is 5.02. The second-order valence-electron chi connectivity index (χ2n) is 3.81. The number of hydrogen-bond acceptors (Lipinski definition) is 6. The zero-order chi connectivity index (χ0) is 11.9. The molecule has 1 fully saturated rings. The highest BCUT2D eigenvalue weighted by atomic mass is 16.6. The van der Waals surface area contributed by atoms with Crippen LogP contribution in [0.2, 0.25) is 0 Å². The molecular weight excluding hydrogens is 216 g/mol. The van der Waals surface area contributed by atoms with Crippen LogP contribution in [0.3, 0.4) is 0 Å².